The number of carbonyl (C=O) groups excluding carboxylic acids is 1. The average Bonchev–Trinajstić information content (AvgIpc) is 2.85. The van der Waals surface area contributed by atoms with Gasteiger partial charge in [-0.15, -0.1) is 11.3 Å². The van der Waals surface area contributed by atoms with E-state index in [4.69, 9.17) is 0 Å². The third-order valence-corrected chi connectivity index (χ3v) is 4.08. The van der Waals surface area contributed by atoms with Crippen LogP contribution in [0.25, 0.3) is 0 Å². The highest BCUT2D eigenvalue weighted by Gasteiger charge is 2.31. The van der Waals surface area contributed by atoms with Gasteiger partial charge >= 0.3 is 0 Å². The van der Waals surface area contributed by atoms with E-state index in [2.05, 4.69) is 15.2 Å². The fourth-order valence-corrected chi connectivity index (χ4v) is 2.78. The van der Waals surface area contributed by atoms with Crippen LogP contribution >= 0.6 is 11.3 Å². The number of nitrogens with zero attached hydrogens (tertiary/aromatic N) is 2. The van der Waals surface area contributed by atoms with Gasteiger partial charge in [-0.2, -0.15) is 0 Å². The lowest BCUT2D eigenvalue weighted by molar-refractivity contribution is -0.131. The van der Waals surface area contributed by atoms with Crippen LogP contribution in [0.4, 0.5) is 0 Å². The van der Waals surface area contributed by atoms with Gasteiger partial charge in [0.2, 0.25) is 5.91 Å². The van der Waals surface area contributed by atoms with E-state index in [0.717, 1.165) is 18.0 Å². The third-order valence-electron chi connectivity index (χ3n) is 3.24. The van der Waals surface area contributed by atoms with Crippen molar-refractivity contribution in [3.63, 3.8) is 0 Å². The molecule has 1 aromatic rings. The number of amides is 1. The number of nitrogens with one attached hydrogen (secondary N) is 1. The molecule has 1 fully saturated rings. The molecule has 0 saturated carbocycles. The Morgan fingerprint density at radius 2 is 2.56 bits per heavy atom. The van der Waals surface area contributed by atoms with Gasteiger partial charge in [-0.25, -0.2) is 4.98 Å². The predicted molar refractivity (Wildman–Crippen MR) is 70.4 cm³/mol. The van der Waals surface area contributed by atoms with E-state index in [9.17, 15) is 9.90 Å². The van der Waals surface area contributed by atoms with Crippen LogP contribution in [0.5, 0.6) is 0 Å². The van der Waals surface area contributed by atoms with E-state index >= 15 is 0 Å². The molecule has 6 heteroatoms. The van der Waals surface area contributed by atoms with Crippen molar-refractivity contribution in [1.29, 1.82) is 0 Å². The number of aliphatic hydroxyl groups is 1. The minimum atomic E-state index is -0.513. The van der Waals surface area contributed by atoms with Crippen molar-refractivity contribution in [2.24, 2.45) is 5.92 Å². The van der Waals surface area contributed by atoms with Crippen molar-refractivity contribution in [2.45, 2.75) is 18.9 Å². The Morgan fingerprint density at radius 3 is 3.28 bits per heavy atom. The first-order valence-corrected chi connectivity index (χ1v) is 7.07. The standard InChI is InChI=1S/C12H19N3O2S/c1-15-6-3-10(16)9(8-15)12(17)14-4-2-11-13-5-7-18-11/h5,7,9-10,16H,2-4,6,8H2,1H3,(H,14,17)/t9-,10-/m1/s1. The molecule has 0 spiro atoms. The molecule has 0 aromatic carbocycles. The predicted octanol–water partition coefficient (Wildman–Crippen LogP) is 0.114. The van der Waals surface area contributed by atoms with E-state index in [1.165, 1.54) is 0 Å². The van der Waals surface area contributed by atoms with Gasteiger partial charge in [-0.3, -0.25) is 4.79 Å². The van der Waals surface area contributed by atoms with Gasteiger partial charge in [0, 0.05) is 37.6 Å². The number of thiazole rings is 1. The normalized spacial score (nSPS) is 25.0. The van der Waals surface area contributed by atoms with Gasteiger partial charge in [0.25, 0.3) is 0 Å². The van der Waals surface area contributed by atoms with Crippen molar-refractivity contribution in [2.75, 3.05) is 26.7 Å². The molecule has 0 bridgehead atoms. The summed E-state index contributed by atoms with van der Waals surface area (Å²) in [6.45, 7) is 2.06. The number of carbonyl (C=O) groups is 1. The highest BCUT2D eigenvalue weighted by molar-refractivity contribution is 7.09. The molecule has 0 unspecified atom stereocenters. The summed E-state index contributed by atoms with van der Waals surface area (Å²) >= 11 is 1.59. The SMILES string of the molecule is CN1CC[C@@H](O)[C@H](C(=O)NCCc2nccs2)C1. The van der Waals surface area contributed by atoms with Gasteiger partial charge in [-0.1, -0.05) is 0 Å². The molecule has 2 heterocycles. The summed E-state index contributed by atoms with van der Waals surface area (Å²) in [5, 5.41) is 15.7. The topological polar surface area (TPSA) is 65.5 Å². The number of hydrogen-bond acceptors (Lipinski definition) is 5. The second-order valence-electron chi connectivity index (χ2n) is 4.69. The Hall–Kier alpha value is -0.980. The molecule has 2 atom stereocenters. The summed E-state index contributed by atoms with van der Waals surface area (Å²) in [6.07, 6.45) is 2.67. The number of piperidine rings is 1. The van der Waals surface area contributed by atoms with Gasteiger partial charge in [-0.05, 0) is 13.5 Å². The lowest BCUT2D eigenvalue weighted by atomic mass is 9.94. The highest BCUT2D eigenvalue weighted by Crippen LogP contribution is 2.16. The molecule has 18 heavy (non-hydrogen) atoms. The average molecular weight is 269 g/mol. The Bertz CT molecular complexity index is 383. The molecule has 1 amide bonds. The van der Waals surface area contributed by atoms with Gasteiger partial charge in [0.15, 0.2) is 0 Å². The second kappa shape index (κ2) is 6.26. The molecule has 2 rings (SSSR count). The zero-order chi connectivity index (χ0) is 13.0. The number of hydrogen-bond donors (Lipinski definition) is 2. The molecule has 0 aliphatic carbocycles. The van der Waals surface area contributed by atoms with E-state index in [0.29, 0.717) is 19.5 Å². The summed E-state index contributed by atoms with van der Waals surface area (Å²) in [4.78, 5) is 18.2. The fraction of sp³-hybridized carbons (Fsp3) is 0.667. The van der Waals surface area contributed by atoms with Gasteiger partial charge in [0.05, 0.1) is 17.0 Å². The summed E-state index contributed by atoms with van der Waals surface area (Å²) in [5.74, 6) is -0.356. The summed E-state index contributed by atoms with van der Waals surface area (Å²) in [5.41, 5.74) is 0. The Balaban J connectivity index is 1.76. The van der Waals surface area contributed by atoms with E-state index < -0.39 is 6.10 Å². The second-order valence-corrected chi connectivity index (χ2v) is 5.67. The van der Waals surface area contributed by atoms with Crippen LogP contribution in [0, 0.1) is 5.92 Å². The first-order chi connectivity index (χ1) is 8.66. The largest absolute Gasteiger partial charge is 0.392 e. The third kappa shape index (κ3) is 3.51. The zero-order valence-electron chi connectivity index (χ0n) is 10.5. The lowest BCUT2D eigenvalue weighted by Gasteiger charge is -2.32. The lowest BCUT2D eigenvalue weighted by Crippen LogP contribution is -2.49. The number of likely N-dealkylation sites (tertiary alicyclic amines) is 1. The Kier molecular flexibility index (Phi) is 4.68. The monoisotopic (exact) mass is 269 g/mol. The number of rotatable bonds is 4. The highest BCUT2D eigenvalue weighted by atomic mass is 32.1. The molecule has 1 aliphatic rings. The molecule has 5 nitrogen and oxygen atoms in total. The molecule has 1 aliphatic heterocycles. The molecule has 0 radical (unpaired) electrons. The first kappa shape index (κ1) is 13.5. The van der Waals surface area contributed by atoms with Gasteiger partial charge < -0.3 is 15.3 Å². The van der Waals surface area contributed by atoms with Gasteiger partial charge in [0.1, 0.15) is 0 Å². The van der Waals surface area contributed by atoms with E-state index in [1.54, 1.807) is 17.5 Å². The van der Waals surface area contributed by atoms with Crippen molar-refractivity contribution >= 4 is 17.2 Å². The molecule has 1 aromatic heterocycles. The molecule has 1 saturated heterocycles. The minimum absolute atomic E-state index is 0.0504. The summed E-state index contributed by atoms with van der Waals surface area (Å²) < 4.78 is 0. The summed E-state index contributed by atoms with van der Waals surface area (Å²) in [7, 11) is 1.97. The van der Waals surface area contributed by atoms with Crippen LogP contribution < -0.4 is 5.32 Å². The molecular weight excluding hydrogens is 250 g/mol. The van der Waals surface area contributed by atoms with Crippen LogP contribution in [0.2, 0.25) is 0 Å². The number of aliphatic hydroxyl groups excluding tert-OH is 1. The van der Waals surface area contributed by atoms with Crippen molar-refractivity contribution in [1.82, 2.24) is 15.2 Å². The Morgan fingerprint density at radius 1 is 1.72 bits per heavy atom. The Labute approximate surface area is 111 Å². The zero-order valence-corrected chi connectivity index (χ0v) is 11.3. The quantitative estimate of drug-likeness (QED) is 0.814. The molecule has 2 N–H and O–H groups in total. The van der Waals surface area contributed by atoms with E-state index in [1.807, 2.05) is 12.4 Å². The maximum atomic E-state index is 12.0. The smallest absolute Gasteiger partial charge is 0.227 e. The van der Waals surface area contributed by atoms with Crippen LogP contribution in [0.1, 0.15) is 11.4 Å². The minimum Gasteiger partial charge on any atom is -0.392 e. The van der Waals surface area contributed by atoms with Crippen LogP contribution in [-0.2, 0) is 11.2 Å². The van der Waals surface area contributed by atoms with Crippen molar-refractivity contribution in [3.05, 3.63) is 16.6 Å². The maximum absolute atomic E-state index is 12.0. The molecule has 100 valence electrons. The number of aromatic nitrogens is 1. The summed E-state index contributed by atoms with van der Waals surface area (Å²) in [6, 6.07) is 0. The van der Waals surface area contributed by atoms with Crippen LogP contribution in [-0.4, -0.2) is 53.7 Å². The fourth-order valence-electron chi connectivity index (χ4n) is 2.16. The van der Waals surface area contributed by atoms with Crippen molar-refractivity contribution in [3.8, 4) is 0 Å². The first-order valence-electron chi connectivity index (χ1n) is 6.19. The molecular formula is C12H19N3O2S. The van der Waals surface area contributed by atoms with Crippen LogP contribution in [0.15, 0.2) is 11.6 Å². The van der Waals surface area contributed by atoms with Crippen molar-refractivity contribution < 1.29 is 9.90 Å². The van der Waals surface area contributed by atoms with Crippen LogP contribution in [0.3, 0.4) is 0 Å². The maximum Gasteiger partial charge on any atom is 0.227 e. The van der Waals surface area contributed by atoms with E-state index in [-0.39, 0.29) is 11.8 Å².